The highest BCUT2D eigenvalue weighted by atomic mass is 16.1. The van der Waals surface area contributed by atoms with E-state index in [2.05, 4.69) is 20.6 Å². The number of hydrogen-bond donors (Lipinski definition) is 5. The second-order valence-corrected chi connectivity index (χ2v) is 6.32. The van der Waals surface area contributed by atoms with Gasteiger partial charge in [-0.1, -0.05) is 6.07 Å². The summed E-state index contributed by atoms with van der Waals surface area (Å²) in [4.78, 5) is 20.3. The van der Waals surface area contributed by atoms with Crippen molar-refractivity contribution in [1.82, 2.24) is 9.97 Å². The molecule has 1 aliphatic rings. The fourth-order valence-electron chi connectivity index (χ4n) is 2.95. The molecule has 25 heavy (non-hydrogen) atoms. The average Bonchev–Trinajstić information content (AvgIpc) is 2.57. The predicted octanol–water partition coefficient (Wildman–Crippen LogP) is 1.58. The highest BCUT2D eigenvalue weighted by Crippen LogP contribution is 2.23. The molecule has 1 aromatic heterocycles. The van der Waals surface area contributed by atoms with Crippen LogP contribution in [0.5, 0.6) is 0 Å². The number of nitrogen functional groups attached to an aromatic ring is 1. The van der Waals surface area contributed by atoms with E-state index >= 15 is 0 Å². The molecule has 1 heterocycles. The zero-order chi connectivity index (χ0) is 17.8. The number of benzene rings is 1. The maximum Gasteiger partial charge on any atom is 0.271 e. The van der Waals surface area contributed by atoms with Crippen LogP contribution in [0.1, 0.15) is 36.2 Å². The minimum Gasteiger partial charge on any atom is -0.399 e. The van der Waals surface area contributed by atoms with E-state index in [0.29, 0.717) is 29.1 Å². The zero-order valence-corrected chi connectivity index (χ0v) is 13.9. The Morgan fingerprint density at radius 3 is 2.64 bits per heavy atom. The molecule has 0 atom stereocenters. The standard InChI is InChI=1S/C17H23N7O/c18-10-4-6-12(7-5-10)22-14-9-21-15(16(20)25)17(24-14)23-13-3-1-2-11(19)8-13/h1-3,8-10,12H,4-7,18-19H2,(H2,20,25)(H2,22,23,24). The van der Waals surface area contributed by atoms with Crippen LogP contribution in [0.2, 0.25) is 0 Å². The Morgan fingerprint density at radius 1 is 1.20 bits per heavy atom. The Hall–Kier alpha value is -2.87. The van der Waals surface area contributed by atoms with Gasteiger partial charge in [0.2, 0.25) is 0 Å². The monoisotopic (exact) mass is 341 g/mol. The molecule has 3 rings (SSSR count). The summed E-state index contributed by atoms with van der Waals surface area (Å²) >= 11 is 0. The van der Waals surface area contributed by atoms with Crippen LogP contribution in [0, 0.1) is 0 Å². The quantitative estimate of drug-likeness (QED) is 0.519. The molecule has 2 aromatic rings. The summed E-state index contributed by atoms with van der Waals surface area (Å²) < 4.78 is 0. The number of nitrogens with two attached hydrogens (primary N) is 3. The molecule has 8 N–H and O–H groups in total. The second-order valence-electron chi connectivity index (χ2n) is 6.32. The number of anilines is 4. The minimum absolute atomic E-state index is 0.0821. The van der Waals surface area contributed by atoms with E-state index in [9.17, 15) is 4.79 Å². The summed E-state index contributed by atoms with van der Waals surface area (Å²) in [6, 6.07) is 7.73. The second kappa shape index (κ2) is 7.35. The fourth-order valence-corrected chi connectivity index (χ4v) is 2.95. The van der Waals surface area contributed by atoms with Gasteiger partial charge in [0.15, 0.2) is 11.5 Å². The summed E-state index contributed by atoms with van der Waals surface area (Å²) in [6.07, 6.45) is 5.47. The molecular formula is C17H23N7O. The molecule has 1 aliphatic carbocycles. The molecule has 1 aromatic carbocycles. The van der Waals surface area contributed by atoms with Gasteiger partial charge in [-0.3, -0.25) is 4.79 Å². The van der Waals surface area contributed by atoms with Crippen LogP contribution in [0.15, 0.2) is 30.5 Å². The number of rotatable bonds is 5. The van der Waals surface area contributed by atoms with Gasteiger partial charge in [-0.25, -0.2) is 9.97 Å². The molecule has 0 aliphatic heterocycles. The number of primary amides is 1. The first-order valence-corrected chi connectivity index (χ1v) is 8.33. The van der Waals surface area contributed by atoms with E-state index in [1.807, 2.05) is 12.1 Å². The summed E-state index contributed by atoms with van der Waals surface area (Å²) in [6.45, 7) is 0. The molecule has 0 radical (unpaired) electrons. The third kappa shape index (κ3) is 4.36. The Morgan fingerprint density at radius 2 is 1.96 bits per heavy atom. The van der Waals surface area contributed by atoms with Crippen LogP contribution >= 0.6 is 0 Å². The molecule has 0 saturated heterocycles. The number of hydrogen-bond acceptors (Lipinski definition) is 7. The van der Waals surface area contributed by atoms with Crippen molar-refractivity contribution in [3.63, 3.8) is 0 Å². The van der Waals surface area contributed by atoms with E-state index < -0.39 is 5.91 Å². The van der Waals surface area contributed by atoms with Crippen LogP contribution in [-0.4, -0.2) is 28.0 Å². The van der Waals surface area contributed by atoms with Gasteiger partial charge >= 0.3 is 0 Å². The van der Waals surface area contributed by atoms with Gasteiger partial charge in [0, 0.05) is 23.5 Å². The molecule has 0 spiro atoms. The number of aromatic nitrogens is 2. The lowest BCUT2D eigenvalue weighted by atomic mass is 9.92. The molecule has 8 heteroatoms. The van der Waals surface area contributed by atoms with Gasteiger partial charge in [-0.2, -0.15) is 0 Å². The first-order chi connectivity index (χ1) is 12.0. The normalized spacial score (nSPS) is 20.0. The zero-order valence-electron chi connectivity index (χ0n) is 13.9. The first-order valence-electron chi connectivity index (χ1n) is 8.33. The summed E-state index contributed by atoms with van der Waals surface area (Å²) in [5.41, 5.74) is 18.5. The number of nitrogens with zero attached hydrogens (tertiary/aromatic N) is 2. The van der Waals surface area contributed by atoms with Crippen molar-refractivity contribution in [2.24, 2.45) is 11.5 Å². The molecule has 0 bridgehead atoms. The highest BCUT2D eigenvalue weighted by Gasteiger charge is 2.20. The minimum atomic E-state index is -0.644. The van der Waals surface area contributed by atoms with Gasteiger partial charge in [-0.05, 0) is 43.9 Å². The lowest BCUT2D eigenvalue weighted by Crippen LogP contribution is -2.33. The summed E-state index contributed by atoms with van der Waals surface area (Å²) in [5.74, 6) is 0.251. The predicted molar refractivity (Wildman–Crippen MR) is 98.5 cm³/mol. The number of carbonyl (C=O) groups is 1. The smallest absolute Gasteiger partial charge is 0.271 e. The summed E-state index contributed by atoms with van der Waals surface area (Å²) in [5, 5.41) is 6.42. The van der Waals surface area contributed by atoms with Crippen LogP contribution in [0.3, 0.4) is 0 Å². The Balaban J connectivity index is 1.80. The van der Waals surface area contributed by atoms with E-state index in [4.69, 9.17) is 17.2 Å². The van der Waals surface area contributed by atoms with Gasteiger partial charge in [-0.15, -0.1) is 0 Å². The van der Waals surface area contributed by atoms with Gasteiger partial charge in [0.25, 0.3) is 5.91 Å². The van der Waals surface area contributed by atoms with Crippen molar-refractivity contribution in [1.29, 1.82) is 0 Å². The van der Waals surface area contributed by atoms with Crippen molar-refractivity contribution >= 4 is 28.9 Å². The molecule has 8 nitrogen and oxygen atoms in total. The number of nitrogens with one attached hydrogen (secondary N) is 2. The van der Waals surface area contributed by atoms with Gasteiger partial charge in [0.05, 0.1) is 6.20 Å². The first kappa shape index (κ1) is 17.0. The maximum atomic E-state index is 11.6. The number of amides is 1. The van der Waals surface area contributed by atoms with E-state index in [-0.39, 0.29) is 11.7 Å². The van der Waals surface area contributed by atoms with Crippen molar-refractivity contribution in [3.8, 4) is 0 Å². The SMILES string of the molecule is NC(=O)c1ncc(NC2CCC(N)CC2)nc1Nc1cccc(N)c1. The molecule has 132 valence electrons. The van der Waals surface area contributed by atoms with E-state index in [0.717, 1.165) is 25.7 Å². The van der Waals surface area contributed by atoms with E-state index in [1.54, 1.807) is 12.1 Å². The van der Waals surface area contributed by atoms with Crippen LogP contribution in [-0.2, 0) is 0 Å². The van der Waals surface area contributed by atoms with Gasteiger partial charge in [0.1, 0.15) is 5.82 Å². The lowest BCUT2D eigenvalue weighted by Gasteiger charge is -2.27. The van der Waals surface area contributed by atoms with Crippen LogP contribution < -0.4 is 27.8 Å². The Kier molecular flexibility index (Phi) is 4.99. The van der Waals surface area contributed by atoms with Crippen LogP contribution in [0.4, 0.5) is 23.0 Å². The average molecular weight is 341 g/mol. The van der Waals surface area contributed by atoms with E-state index in [1.165, 1.54) is 6.20 Å². The largest absolute Gasteiger partial charge is 0.399 e. The molecule has 0 unspecified atom stereocenters. The van der Waals surface area contributed by atoms with Crippen molar-refractivity contribution in [2.75, 3.05) is 16.4 Å². The molecular weight excluding hydrogens is 318 g/mol. The third-order valence-electron chi connectivity index (χ3n) is 4.28. The number of carbonyl (C=O) groups excluding carboxylic acids is 1. The van der Waals surface area contributed by atoms with Crippen LogP contribution in [0.25, 0.3) is 0 Å². The summed E-state index contributed by atoms with van der Waals surface area (Å²) in [7, 11) is 0. The maximum absolute atomic E-state index is 11.6. The lowest BCUT2D eigenvalue weighted by molar-refractivity contribution is 0.0996. The molecule has 1 saturated carbocycles. The molecule has 1 fully saturated rings. The Labute approximate surface area is 146 Å². The molecule has 1 amide bonds. The van der Waals surface area contributed by atoms with Gasteiger partial charge < -0.3 is 27.8 Å². The highest BCUT2D eigenvalue weighted by molar-refractivity contribution is 5.96. The third-order valence-corrected chi connectivity index (χ3v) is 4.28. The Bertz CT molecular complexity index is 756. The van der Waals surface area contributed by atoms with Crippen molar-refractivity contribution in [3.05, 3.63) is 36.2 Å². The fraction of sp³-hybridized carbons (Fsp3) is 0.353. The van der Waals surface area contributed by atoms with Crippen molar-refractivity contribution in [2.45, 2.75) is 37.8 Å². The van der Waals surface area contributed by atoms with Crippen molar-refractivity contribution < 1.29 is 4.79 Å². The topological polar surface area (TPSA) is 145 Å².